The van der Waals surface area contributed by atoms with Gasteiger partial charge in [0.2, 0.25) is 0 Å². The molecule has 0 spiro atoms. The molecule has 0 aliphatic carbocycles. The number of Topliss-reactive ketones (excluding diaryl/α,β-unsaturated/α-hetero) is 2. The van der Waals surface area contributed by atoms with Crippen molar-refractivity contribution in [3.8, 4) is 0 Å². The number of hydrogen-bond acceptors (Lipinski definition) is 6. The highest BCUT2D eigenvalue weighted by molar-refractivity contribution is 6.02. The van der Waals surface area contributed by atoms with Crippen LogP contribution in [-0.2, 0) is 0 Å². The van der Waals surface area contributed by atoms with E-state index < -0.39 is 17.8 Å². The number of piperidine rings is 1. The van der Waals surface area contributed by atoms with Crippen LogP contribution in [0.15, 0.2) is 67.3 Å². The standard InChI is InChI=1S/C26H26FN3O3/c1-17-20(7-2-8-23(17)27)24-21(25(32)18-5-3-9-28-13-18)15-30(11-12-31)16-22(24)26(33)19-6-4-10-29-14-19/h2-10,13-14,21-22,24,31H,11-12,15-16H2,1H3/t21-,22+,24+. The number of pyridine rings is 2. The number of aliphatic hydroxyl groups excluding tert-OH is 1. The highest BCUT2D eigenvalue weighted by Crippen LogP contribution is 2.42. The van der Waals surface area contributed by atoms with Gasteiger partial charge in [-0.1, -0.05) is 12.1 Å². The molecule has 1 aliphatic heterocycles. The molecule has 6 nitrogen and oxygen atoms in total. The van der Waals surface area contributed by atoms with Gasteiger partial charge in [-0.15, -0.1) is 0 Å². The van der Waals surface area contributed by atoms with E-state index in [0.717, 1.165) is 0 Å². The van der Waals surface area contributed by atoms with E-state index in [4.69, 9.17) is 0 Å². The lowest BCUT2D eigenvalue weighted by molar-refractivity contribution is 0.0528. The van der Waals surface area contributed by atoms with Crippen LogP contribution < -0.4 is 0 Å². The molecule has 4 rings (SSSR count). The van der Waals surface area contributed by atoms with Crippen LogP contribution in [0.1, 0.15) is 37.8 Å². The molecule has 0 radical (unpaired) electrons. The number of β-amino-alcohol motifs (C(OH)–C–C–N with tert-alkyl or cyclic N) is 1. The van der Waals surface area contributed by atoms with Crippen LogP contribution in [-0.4, -0.2) is 57.8 Å². The molecule has 1 aliphatic rings. The zero-order chi connectivity index (χ0) is 23.4. The summed E-state index contributed by atoms with van der Waals surface area (Å²) in [6.07, 6.45) is 6.22. The van der Waals surface area contributed by atoms with Crippen molar-refractivity contribution >= 4 is 11.6 Å². The smallest absolute Gasteiger partial charge is 0.169 e. The molecule has 1 fully saturated rings. The van der Waals surface area contributed by atoms with Crippen molar-refractivity contribution in [3.63, 3.8) is 0 Å². The van der Waals surface area contributed by atoms with Crippen molar-refractivity contribution in [1.82, 2.24) is 14.9 Å². The van der Waals surface area contributed by atoms with Crippen molar-refractivity contribution in [3.05, 3.63) is 95.3 Å². The summed E-state index contributed by atoms with van der Waals surface area (Å²) in [5, 5.41) is 9.58. The van der Waals surface area contributed by atoms with E-state index in [0.29, 0.717) is 41.9 Å². The third kappa shape index (κ3) is 4.74. The molecule has 7 heteroatoms. The third-order valence-corrected chi connectivity index (χ3v) is 6.43. The van der Waals surface area contributed by atoms with Gasteiger partial charge in [-0.25, -0.2) is 4.39 Å². The molecule has 2 aromatic heterocycles. The average molecular weight is 448 g/mol. The molecule has 33 heavy (non-hydrogen) atoms. The van der Waals surface area contributed by atoms with Gasteiger partial charge in [-0.2, -0.15) is 0 Å². The van der Waals surface area contributed by atoms with Gasteiger partial charge in [0, 0.05) is 73.3 Å². The van der Waals surface area contributed by atoms with Gasteiger partial charge in [0.15, 0.2) is 11.6 Å². The van der Waals surface area contributed by atoms with E-state index in [1.54, 1.807) is 55.7 Å². The fourth-order valence-corrected chi connectivity index (χ4v) is 4.82. The molecule has 3 aromatic rings. The molecular formula is C26H26FN3O3. The van der Waals surface area contributed by atoms with Crippen LogP contribution in [0.4, 0.5) is 4.39 Å². The lowest BCUT2D eigenvalue weighted by atomic mass is 9.68. The van der Waals surface area contributed by atoms with Gasteiger partial charge in [-0.3, -0.25) is 24.5 Å². The second-order valence-electron chi connectivity index (χ2n) is 8.39. The number of ketones is 2. The molecule has 0 saturated carbocycles. The Morgan fingerprint density at radius 3 is 2.03 bits per heavy atom. The molecule has 1 N–H and O–H groups in total. The first-order valence-electron chi connectivity index (χ1n) is 11.0. The first-order valence-corrected chi connectivity index (χ1v) is 11.0. The minimum atomic E-state index is -0.611. The predicted molar refractivity (Wildman–Crippen MR) is 122 cm³/mol. The second kappa shape index (κ2) is 10.1. The lowest BCUT2D eigenvalue weighted by Gasteiger charge is -2.43. The first-order chi connectivity index (χ1) is 16.0. The van der Waals surface area contributed by atoms with Crippen molar-refractivity contribution in [2.24, 2.45) is 11.8 Å². The SMILES string of the molecule is Cc1c(F)cccc1[C@@H]1[C@@H](C(=O)c2cccnc2)CN(CCO)C[C@H]1C(=O)c1cccnc1. The fourth-order valence-electron chi connectivity index (χ4n) is 4.82. The number of aliphatic hydroxyl groups is 1. The van der Waals surface area contributed by atoms with Crippen LogP contribution in [0.2, 0.25) is 0 Å². The number of halogens is 1. The largest absolute Gasteiger partial charge is 0.395 e. The summed E-state index contributed by atoms with van der Waals surface area (Å²) >= 11 is 0. The van der Waals surface area contributed by atoms with Crippen molar-refractivity contribution in [2.75, 3.05) is 26.2 Å². The number of aromatic nitrogens is 2. The van der Waals surface area contributed by atoms with Crippen LogP contribution >= 0.6 is 0 Å². The highest BCUT2D eigenvalue weighted by Gasteiger charge is 2.45. The highest BCUT2D eigenvalue weighted by atomic mass is 19.1. The van der Waals surface area contributed by atoms with Gasteiger partial charge in [0.25, 0.3) is 0 Å². The topological polar surface area (TPSA) is 83.4 Å². The first kappa shape index (κ1) is 22.9. The van der Waals surface area contributed by atoms with Crippen LogP contribution in [0.25, 0.3) is 0 Å². The number of rotatable bonds is 7. The van der Waals surface area contributed by atoms with E-state index in [1.165, 1.54) is 18.5 Å². The Bertz CT molecular complexity index is 1060. The molecule has 170 valence electrons. The molecule has 1 saturated heterocycles. The van der Waals surface area contributed by atoms with Crippen LogP contribution in [0.5, 0.6) is 0 Å². The monoisotopic (exact) mass is 447 g/mol. The zero-order valence-electron chi connectivity index (χ0n) is 18.4. The van der Waals surface area contributed by atoms with Gasteiger partial charge < -0.3 is 5.11 Å². The van der Waals surface area contributed by atoms with Crippen molar-refractivity contribution < 1.29 is 19.1 Å². The Labute approximate surface area is 192 Å². The Hall–Kier alpha value is -3.29. The maximum Gasteiger partial charge on any atom is 0.169 e. The summed E-state index contributed by atoms with van der Waals surface area (Å²) in [7, 11) is 0. The summed E-state index contributed by atoms with van der Waals surface area (Å²) in [5.74, 6) is -2.42. The van der Waals surface area contributed by atoms with Crippen LogP contribution in [0, 0.1) is 24.6 Å². The number of likely N-dealkylation sites (tertiary alicyclic amines) is 1. The molecule has 3 atom stereocenters. The molecule has 1 aromatic carbocycles. The maximum absolute atomic E-state index is 14.6. The minimum Gasteiger partial charge on any atom is -0.395 e. The van der Waals surface area contributed by atoms with E-state index in [9.17, 15) is 19.1 Å². The number of benzene rings is 1. The van der Waals surface area contributed by atoms with Gasteiger partial charge in [0.1, 0.15) is 5.82 Å². The molecule has 0 amide bonds. The normalized spacial score (nSPS) is 21.0. The summed E-state index contributed by atoms with van der Waals surface area (Å²) in [6.45, 7) is 2.63. The minimum absolute atomic E-state index is 0.0920. The van der Waals surface area contributed by atoms with E-state index in [2.05, 4.69) is 9.97 Å². The third-order valence-electron chi connectivity index (χ3n) is 6.43. The van der Waals surface area contributed by atoms with E-state index >= 15 is 0 Å². The Balaban J connectivity index is 1.85. The molecule has 0 unspecified atom stereocenters. The van der Waals surface area contributed by atoms with Crippen molar-refractivity contribution in [2.45, 2.75) is 12.8 Å². The van der Waals surface area contributed by atoms with E-state index in [-0.39, 0.29) is 24.0 Å². The van der Waals surface area contributed by atoms with Crippen LogP contribution in [0.3, 0.4) is 0 Å². The van der Waals surface area contributed by atoms with Gasteiger partial charge in [0.05, 0.1) is 6.61 Å². The zero-order valence-corrected chi connectivity index (χ0v) is 18.4. The fraction of sp³-hybridized carbons (Fsp3) is 0.308. The predicted octanol–water partition coefficient (Wildman–Crippen LogP) is 3.31. The Morgan fingerprint density at radius 2 is 1.55 bits per heavy atom. The molecule has 0 bridgehead atoms. The Morgan fingerprint density at radius 1 is 0.970 bits per heavy atom. The molecular weight excluding hydrogens is 421 g/mol. The van der Waals surface area contributed by atoms with Gasteiger partial charge in [-0.05, 0) is 48.4 Å². The molecule has 3 heterocycles. The number of carbonyl (C=O) groups excluding carboxylic acids is 2. The van der Waals surface area contributed by atoms with Gasteiger partial charge >= 0.3 is 0 Å². The van der Waals surface area contributed by atoms with Crippen molar-refractivity contribution in [1.29, 1.82) is 0 Å². The average Bonchev–Trinajstić information content (AvgIpc) is 2.86. The lowest BCUT2D eigenvalue weighted by Crippen LogP contribution is -2.51. The maximum atomic E-state index is 14.6. The number of carbonyl (C=O) groups is 2. The number of hydrogen-bond donors (Lipinski definition) is 1. The Kier molecular flexibility index (Phi) is 7.01. The number of nitrogens with zero attached hydrogens (tertiary/aromatic N) is 3. The quantitative estimate of drug-likeness (QED) is 0.560. The summed E-state index contributed by atoms with van der Waals surface area (Å²) < 4.78 is 14.6. The second-order valence-corrected chi connectivity index (χ2v) is 8.39. The summed E-state index contributed by atoms with van der Waals surface area (Å²) in [6, 6.07) is 11.6. The summed E-state index contributed by atoms with van der Waals surface area (Å²) in [4.78, 5) is 37.5. The van der Waals surface area contributed by atoms with E-state index in [1.807, 2.05) is 4.90 Å². The summed E-state index contributed by atoms with van der Waals surface area (Å²) in [5.41, 5.74) is 1.98.